The van der Waals surface area contributed by atoms with Crippen molar-refractivity contribution in [2.75, 3.05) is 7.11 Å². The van der Waals surface area contributed by atoms with Crippen molar-refractivity contribution in [1.82, 2.24) is 9.97 Å². The number of benzene rings is 3. The molecule has 0 amide bonds. The number of rotatable bonds is 6. The first-order chi connectivity index (χ1) is 15.1. The van der Waals surface area contributed by atoms with Crippen LogP contribution in [-0.4, -0.2) is 34.8 Å². The molecule has 0 saturated carbocycles. The van der Waals surface area contributed by atoms with Gasteiger partial charge in [-0.3, -0.25) is 4.79 Å². The number of hydrogen-bond acceptors (Lipinski definition) is 6. The molecule has 0 spiro atoms. The zero-order chi connectivity index (χ0) is 21.8. The summed E-state index contributed by atoms with van der Waals surface area (Å²) in [7, 11) is 1.26. The van der Waals surface area contributed by atoms with E-state index in [1.165, 1.54) is 7.11 Å². The smallest absolute Gasteiger partial charge is 0.374 e. The lowest BCUT2D eigenvalue weighted by atomic mass is 9.98. The van der Waals surface area contributed by atoms with Gasteiger partial charge in [0.05, 0.1) is 23.7 Å². The van der Waals surface area contributed by atoms with Crippen LogP contribution in [0.2, 0.25) is 0 Å². The Kier molecular flexibility index (Phi) is 5.57. The van der Waals surface area contributed by atoms with E-state index < -0.39 is 11.9 Å². The summed E-state index contributed by atoms with van der Waals surface area (Å²) < 4.78 is 10.1. The summed E-state index contributed by atoms with van der Waals surface area (Å²) in [5.41, 5.74) is 2.64. The summed E-state index contributed by atoms with van der Waals surface area (Å²) in [6.07, 6.45) is 0. The molecule has 31 heavy (non-hydrogen) atoms. The van der Waals surface area contributed by atoms with Crippen LogP contribution in [0.5, 0.6) is 0 Å². The van der Waals surface area contributed by atoms with Crippen LogP contribution in [0.3, 0.4) is 0 Å². The van der Waals surface area contributed by atoms with E-state index in [1.807, 2.05) is 30.3 Å². The Morgan fingerprint density at radius 1 is 0.871 bits per heavy atom. The number of esters is 2. The molecule has 0 bridgehead atoms. The Labute approximate surface area is 177 Å². The van der Waals surface area contributed by atoms with Gasteiger partial charge in [0.1, 0.15) is 6.61 Å². The second-order valence-corrected chi connectivity index (χ2v) is 6.75. The molecule has 3 aromatic carbocycles. The number of methoxy groups -OCH3 is 1. The van der Waals surface area contributed by atoms with Crippen molar-refractivity contribution < 1.29 is 23.9 Å². The van der Waals surface area contributed by atoms with Gasteiger partial charge >= 0.3 is 11.9 Å². The van der Waals surface area contributed by atoms with Crippen LogP contribution in [0.4, 0.5) is 0 Å². The topological polar surface area (TPSA) is 98.3 Å². The Balaban J connectivity index is 1.60. The molecule has 1 N–H and O–H groups in total. The molecule has 7 heteroatoms. The van der Waals surface area contributed by atoms with Crippen LogP contribution in [0, 0.1) is 0 Å². The number of carbonyl (C=O) groups is 3. The molecule has 0 fully saturated rings. The number of carbonyl (C=O) groups excluding carboxylic acids is 3. The fourth-order valence-corrected chi connectivity index (χ4v) is 3.16. The lowest BCUT2D eigenvalue weighted by Gasteiger charge is -2.09. The van der Waals surface area contributed by atoms with Crippen molar-refractivity contribution in [2.24, 2.45) is 0 Å². The number of imidazole rings is 1. The van der Waals surface area contributed by atoms with E-state index in [-0.39, 0.29) is 29.3 Å². The Bertz CT molecular complexity index is 1280. The maximum absolute atomic E-state index is 13.2. The minimum absolute atomic E-state index is 0.0481. The number of aromatic amines is 1. The first kappa shape index (κ1) is 20.0. The molecule has 4 aromatic rings. The average molecular weight is 414 g/mol. The quantitative estimate of drug-likeness (QED) is 0.379. The fraction of sp³-hybridized carbons (Fsp3) is 0.0833. The fourth-order valence-electron chi connectivity index (χ4n) is 3.16. The predicted octanol–water partition coefficient (Wildman–Crippen LogP) is 3.94. The van der Waals surface area contributed by atoms with E-state index >= 15 is 0 Å². The summed E-state index contributed by atoms with van der Waals surface area (Å²) >= 11 is 0. The van der Waals surface area contributed by atoms with Gasteiger partial charge in [-0.15, -0.1) is 0 Å². The van der Waals surface area contributed by atoms with Gasteiger partial charge in [0, 0.05) is 11.1 Å². The van der Waals surface area contributed by atoms with Crippen LogP contribution >= 0.6 is 0 Å². The van der Waals surface area contributed by atoms with Crippen molar-refractivity contribution in [2.45, 2.75) is 6.61 Å². The van der Waals surface area contributed by atoms with Gasteiger partial charge in [-0.1, -0.05) is 48.5 Å². The molecule has 1 heterocycles. The molecule has 0 saturated heterocycles. The van der Waals surface area contributed by atoms with E-state index in [2.05, 4.69) is 14.7 Å². The third kappa shape index (κ3) is 4.20. The largest absolute Gasteiger partial charge is 0.463 e. The highest BCUT2D eigenvalue weighted by molar-refractivity contribution is 6.15. The van der Waals surface area contributed by atoms with E-state index in [4.69, 9.17) is 4.74 Å². The molecule has 7 nitrogen and oxygen atoms in total. The zero-order valence-electron chi connectivity index (χ0n) is 16.6. The maximum Gasteiger partial charge on any atom is 0.374 e. The average Bonchev–Trinajstić information content (AvgIpc) is 3.25. The SMILES string of the molecule is COC(=O)c1nc2ccc(C(=O)c3ccccc3C(=O)OCc3ccccc3)cc2[nH]1. The van der Waals surface area contributed by atoms with Crippen molar-refractivity contribution in [1.29, 1.82) is 0 Å². The zero-order valence-corrected chi connectivity index (χ0v) is 16.6. The van der Waals surface area contributed by atoms with Crippen LogP contribution in [-0.2, 0) is 16.1 Å². The van der Waals surface area contributed by atoms with Gasteiger partial charge in [0.25, 0.3) is 0 Å². The normalized spacial score (nSPS) is 10.6. The Morgan fingerprint density at radius 2 is 1.58 bits per heavy atom. The number of nitrogens with one attached hydrogen (secondary N) is 1. The Morgan fingerprint density at radius 3 is 2.32 bits per heavy atom. The molecule has 0 aliphatic carbocycles. The molecule has 1 aromatic heterocycles. The number of ether oxygens (including phenoxy) is 2. The molecule has 0 aliphatic rings. The number of ketones is 1. The summed E-state index contributed by atoms with van der Waals surface area (Å²) in [5.74, 6) is -1.48. The second-order valence-electron chi connectivity index (χ2n) is 6.75. The molecule has 154 valence electrons. The van der Waals surface area contributed by atoms with E-state index in [0.717, 1.165) is 5.56 Å². The van der Waals surface area contributed by atoms with Gasteiger partial charge in [0.15, 0.2) is 5.78 Å². The lowest BCUT2D eigenvalue weighted by Crippen LogP contribution is -2.12. The van der Waals surface area contributed by atoms with Crippen molar-refractivity contribution in [3.05, 3.63) is 101 Å². The highest BCUT2D eigenvalue weighted by Crippen LogP contribution is 2.20. The van der Waals surface area contributed by atoms with Gasteiger partial charge in [0.2, 0.25) is 5.82 Å². The molecule has 0 unspecified atom stereocenters. The Hall–Kier alpha value is -4.26. The lowest BCUT2D eigenvalue weighted by molar-refractivity contribution is 0.0469. The molecule has 0 aliphatic heterocycles. The van der Waals surface area contributed by atoms with Crippen LogP contribution in [0.25, 0.3) is 11.0 Å². The third-order valence-electron chi connectivity index (χ3n) is 4.73. The van der Waals surface area contributed by atoms with Crippen LogP contribution in [0.1, 0.15) is 42.5 Å². The standard InChI is InChI=1S/C24H18N2O5/c1-30-24(29)22-25-19-12-11-16(13-20(19)26-22)21(27)17-9-5-6-10-18(17)23(28)31-14-15-7-3-2-4-8-15/h2-13H,14H2,1H3,(H,25,26). The van der Waals surface area contributed by atoms with Crippen molar-refractivity contribution >= 4 is 28.8 Å². The van der Waals surface area contributed by atoms with Crippen molar-refractivity contribution in [3.8, 4) is 0 Å². The third-order valence-corrected chi connectivity index (χ3v) is 4.73. The predicted molar refractivity (Wildman–Crippen MR) is 113 cm³/mol. The summed E-state index contributed by atoms with van der Waals surface area (Å²) in [6, 6.07) is 20.6. The monoisotopic (exact) mass is 414 g/mol. The summed E-state index contributed by atoms with van der Waals surface area (Å²) in [4.78, 5) is 44.5. The van der Waals surface area contributed by atoms with Gasteiger partial charge < -0.3 is 14.5 Å². The number of hydrogen-bond donors (Lipinski definition) is 1. The maximum atomic E-state index is 13.2. The van der Waals surface area contributed by atoms with E-state index in [9.17, 15) is 14.4 Å². The second kappa shape index (κ2) is 8.62. The van der Waals surface area contributed by atoms with Gasteiger partial charge in [-0.25, -0.2) is 14.6 Å². The minimum atomic E-state index is -0.601. The van der Waals surface area contributed by atoms with Crippen LogP contribution < -0.4 is 0 Å². The van der Waals surface area contributed by atoms with E-state index in [0.29, 0.717) is 16.6 Å². The summed E-state index contributed by atoms with van der Waals surface area (Å²) in [5, 5.41) is 0. The molecule has 4 rings (SSSR count). The number of nitrogens with zero attached hydrogens (tertiary/aromatic N) is 1. The first-order valence-electron chi connectivity index (χ1n) is 9.49. The number of aromatic nitrogens is 2. The first-order valence-corrected chi connectivity index (χ1v) is 9.49. The molecule has 0 radical (unpaired) electrons. The number of fused-ring (bicyclic) bond motifs is 1. The minimum Gasteiger partial charge on any atom is -0.463 e. The van der Waals surface area contributed by atoms with Gasteiger partial charge in [-0.2, -0.15) is 0 Å². The molecular weight excluding hydrogens is 396 g/mol. The molecule has 0 atom stereocenters. The molecular formula is C24H18N2O5. The summed E-state index contributed by atoms with van der Waals surface area (Å²) in [6.45, 7) is 0.110. The van der Waals surface area contributed by atoms with E-state index in [1.54, 1.807) is 42.5 Å². The van der Waals surface area contributed by atoms with Gasteiger partial charge in [-0.05, 0) is 29.8 Å². The highest BCUT2D eigenvalue weighted by atomic mass is 16.5. The highest BCUT2D eigenvalue weighted by Gasteiger charge is 2.20. The van der Waals surface area contributed by atoms with Crippen molar-refractivity contribution in [3.63, 3.8) is 0 Å². The van der Waals surface area contributed by atoms with Crippen LogP contribution in [0.15, 0.2) is 72.8 Å². The number of H-pyrrole nitrogens is 1.